The van der Waals surface area contributed by atoms with Crippen LogP contribution in [0.15, 0.2) is 59.6 Å². The Bertz CT molecular complexity index is 873. The Balaban J connectivity index is 1.70. The van der Waals surface area contributed by atoms with Gasteiger partial charge in [-0.3, -0.25) is 10.1 Å². The Morgan fingerprint density at radius 3 is 2.70 bits per heavy atom. The van der Waals surface area contributed by atoms with Crippen LogP contribution in [-0.2, 0) is 15.0 Å². The minimum Gasteiger partial charge on any atom is -0.464 e. The van der Waals surface area contributed by atoms with Crippen molar-refractivity contribution in [3.63, 3.8) is 0 Å². The minimum absolute atomic E-state index is 0.0190. The van der Waals surface area contributed by atoms with Crippen molar-refractivity contribution < 1.29 is 23.8 Å². The number of carbonyl (C=O) groups excluding carboxylic acids is 1. The van der Waals surface area contributed by atoms with Gasteiger partial charge in [-0.05, 0) is 18.2 Å². The first kappa shape index (κ1) is 17.6. The standard InChI is InChI=1S/C20H19FN2O4/c21-16-9-5-4-8-14(16)20-12-27-17(10-24)15(20)11-26-19(23-20)22-18(25)13-6-2-1-3-7-13/h1-9,15,17,24H,10-12H2,(H,22,23,25)/t15?,17-,20-/m1/s1. The number of benzene rings is 2. The number of hydrogen-bond acceptors (Lipinski definition) is 5. The van der Waals surface area contributed by atoms with Crippen molar-refractivity contribution in [1.29, 1.82) is 0 Å². The Labute approximate surface area is 155 Å². The third kappa shape index (κ3) is 3.09. The van der Waals surface area contributed by atoms with Gasteiger partial charge in [-0.1, -0.05) is 36.4 Å². The number of nitrogens with zero attached hydrogens (tertiary/aromatic N) is 1. The number of aliphatic hydroxyl groups is 1. The van der Waals surface area contributed by atoms with Crippen LogP contribution in [0.2, 0.25) is 0 Å². The SMILES string of the molecule is O=C(NC1=N[C@@]2(c3ccccc3F)CO[C@H](CO)C2CO1)c1ccccc1. The van der Waals surface area contributed by atoms with Gasteiger partial charge in [-0.15, -0.1) is 0 Å². The quantitative estimate of drug-likeness (QED) is 0.864. The number of amides is 1. The van der Waals surface area contributed by atoms with Crippen LogP contribution < -0.4 is 5.32 Å². The summed E-state index contributed by atoms with van der Waals surface area (Å²) >= 11 is 0. The highest BCUT2D eigenvalue weighted by Gasteiger charge is 2.54. The molecule has 1 saturated heterocycles. The summed E-state index contributed by atoms with van der Waals surface area (Å²) in [6.45, 7) is 0.0246. The van der Waals surface area contributed by atoms with Gasteiger partial charge in [0, 0.05) is 11.1 Å². The largest absolute Gasteiger partial charge is 0.464 e. The smallest absolute Gasteiger partial charge is 0.292 e. The molecule has 1 unspecified atom stereocenters. The number of rotatable bonds is 3. The van der Waals surface area contributed by atoms with Crippen molar-refractivity contribution in [3.05, 3.63) is 71.5 Å². The van der Waals surface area contributed by atoms with Crippen molar-refractivity contribution in [1.82, 2.24) is 5.32 Å². The lowest BCUT2D eigenvalue weighted by Crippen LogP contribution is -2.48. The third-order valence-electron chi connectivity index (χ3n) is 5.06. The van der Waals surface area contributed by atoms with Crippen LogP contribution in [0.1, 0.15) is 15.9 Å². The molecule has 6 nitrogen and oxygen atoms in total. The molecular formula is C20H19FN2O4. The highest BCUT2D eigenvalue weighted by molar-refractivity contribution is 6.04. The summed E-state index contributed by atoms with van der Waals surface area (Å²) in [7, 11) is 0. The highest BCUT2D eigenvalue weighted by atomic mass is 19.1. The molecule has 4 rings (SSSR count). The summed E-state index contributed by atoms with van der Waals surface area (Å²) in [4.78, 5) is 17.0. The van der Waals surface area contributed by atoms with Crippen LogP contribution in [0, 0.1) is 11.7 Å². The number of ether oxygens (including phenoxy) is 2. The first-order chi connectivity index (χ1) is 13.1. The number of nitrogens with one attached hydrogen (secondary N) is 1. The molecule has 2 aliphatic heterocycles. The van der Waals surface area contributed by atoms with E-state index in [4.69, 9.17) is 9.47 Å². The van der Waals surface area contributed by atoms with Gasteiger partial charge < -0.3 is 14.6 Å². The second-order valence-electron chi connectivity index (χ2n) is 6.59. The molecule has 0 saturated carbocycles. The first-order valence-corrected chi connectivity index (χ1v) is 8.70. The Kier molecular flexibility index (Phi) is 4.63. The maximum Gasteiger partial charge on any atom is 0.292 e. The molecule has 2 aliphatic rings. The van der Waals surface area contributed by atoms with Crippen LogP contribution >= 0.6 is 0 Å². The van der Waals surface area contributed by atoms with Gasteiger partial charge in [0.05, 0.1) is 31.8 Å². The third-order valence-corrected chi connectivity index (χ3v) is 5.06. The molecule has 2 N–H and O–H groups in total. The Morgan fingerprint density at radius 2 is 1.96 bits per heavy atom. The normalized spacial score (nSPS) is 26.7. The van der Waals surface area contributed by atoms with E-state index in [1.165, 1.54) is 6.07 Å². The van der Waals surface area contributed by atoms with Crippen molar-refractivity contribution in [2.24, 2.45) is 10.9 Å². The molecule has 1 amide bonds. The zero-order valence-electron chi connectivity index (χ0n) is 14.5. The highest BCUT2D eigenvalue weighted by Crippen LogP contribution is 2.45. The lowest BCUT2D eigenvalue weighted by atomic mass is 9.78. The summed E-state index contributed by atoms with van der Waals surface area (Å²) in [6.07, 6.45) is -0.514. The summed E-state index contributed by atoms with van der Waals surface area (Å²) in [5.74, 6) is -1.14. The van der Waals surface area contributed by atoms with E-state index in [0.717, 1.165) is 0 Å². The molecule has 3 atom stereocenters. The molecule has 7 heteroatoms. The summed E-state index contributed by atoms with van der Waals surface area (Å²) in [5, 5.41) is 12.2. The number of aliphatic hydroxyl groups excluding tert-OH is 1. The van der Waals surface area contributed by atoms with E-state index in [0.29, 0.717) is 11.1 Å². The van der Waals surface area contributed by atoms with Crippen LogP contribution in [0.5, 0.6) is 0 Å². The number of amidine groups is 1. The molecule has 2 aromatic carbocycles. The maximum absolute atomic E-state index is 14.6. The second-order valence-corrected chi connectivity index (χ2v) is 6.59. The average Bonchev–Trinajstić information content (AvgIpc) is 3.07. The van der Waals surface area contributed by atoms with Crippen molar-refractivity contribution in [2.45, 2.75) is 11.6 Å². The van der Waals surface area contributed by atoms with Gasteiger partial charge in [-0.25, -0.2) is 9.38 Å². The van der Waals surface area contributed by atoms with Crippen LogP contribution in [0.25, 0.3) is 0 Å². The number of hydrogen-bond donors (Lipinski definition) is 2. The molecule has 27 heavy (non-hydrogen) atoms. The predicted octanol–water partition coefficient (Wildman–Crippen LogP) is 1.84. The molecule has 0 radical (unpaired) electrons. The molecular weight excluding hydrogens is 351 g/mol. The average molecular weight is 370 g/mol. The molecule has 0 aliphatic carbocycles. The van der Waals surface area contributed by atoms with E-state index in [1.54, 1.807) is 42.5 Å². The topological polar surface area (TPSA) is 80.2 Å². The van der Waals surface area contributed by atoms with Crippen molar-refractivity contribution in [3.8, 4) is 0 Å². The van der Waals surface area contributed by atoms with E-state index in [-0.39, 0.29) is 37.7 Å². The van der Waals surface area contributed by atoms with Gasteiger partial charge in [0.15, 0.2) is 0 Å². The van der Waals surface area contributed by atoms with Crippen molar-refractivity contribution >= 4 is 11.9 Å². The molecule has 0 aromatic heterocycles. The van der Waals surface area contributed by atoms with Crippen molar-refractivity contribution in [2.75, 3.05) is 19.8 Å². The minimum atomic E-state index is -1.06. The predicted molar refractivity (Wildman–Crippen MR) is 95.7 cm³/mol. The Hall–Kier alpha value is -2.77. The van der Waals surface area contributed by atoms with Gasteiger partial charge in [0.1, 0.15) is 11.4 Å². The van der Waals surface area contributed by atoms with E-state index in [9.17, 15) is 14.3 Å². The molecule has 2 aromatic rings. The van der Waals surface area contributed by atoms with Crippen LogP contribution in [0.3, 0.4) is 0 Å². The lowest BCUT2D eigenvalue weighted by molar-refractivity contribution is 0.0264. The summed E-state index contributed by atoms with van der Waals surface area (Å²) in [6, 6.07) is 15.0. The van der Waals surface area contributed by atoms with Gasteiger partial charge >= 0.3 is 0 Å². The van der Waals surface area contributed by atoms with Crippen LogP contribution in [0.4, 0.5) is 4.39 Å². The first-order valence-electron chi connectivity index (χ1n) is 8.70. The zero-order valence-corrected chi connectivity index (χ0v) is 14.5. The molecule has 0 spiro atoms. The molecule has 1 fully saturated rings. The van der Waals surface area contributed by atoms with Gasteiger partial charge in [-0.2, -0.15) is 0 Å². The fourth-order valence-electron chi connectivity index (χ4n) is 3.66. The number of fused-ring (bicyclic) bond motifs is 1. The lowest BCUT2D eigenvalue weighted by Gasteiger charge is -2.36. The number of halogens is 1. The summed E-state index contributed by atoms with van der Waals surface area (Å²) in [5.41, 5.74) is -0.237. The van der Waals surface area contributed by atoms with Crippen LogP contribution in [-0.4, -0.2) is 43.0 Å². The summed E-state index contributed by atoms with van der Waals surface area (Å²) < 4.78 is 25.9. The van der Waals surface area contributed by atoms with Gasteiger partial charge in [0.2, 0.25) is 0 Å². The maximum atomic E-state index is 14.6. The second kappa shape index (κ2) is 7.09. The van der Waals surface area contributed by atoms with E-state index in [1.807, 2.05) is 6.07 Å². The van der Waals surface area contributed by atoms with E-state index in [2.05, 4.69) is 10.3 Å². The molecule has 2 heterocycles. The molecule has 0 bridgehead atoms. The fourth-order valence-corrected chi connectivity index (χ4v) is 3.66. The number of aliphatic imine (C=N–C) groups is 1. The molecule has 140 valence electrons. The van der Waals surface area contributed by atoms with E-state index >= 15 is 0 Å². The fraction of sp³-hybridized carbons (Fsp3) is 0.300. The van der Waals surface area contributed by atoms with E-state index < -0.39 is 17.5 Å². The number of carbonyl (C=O) groups is 1. The Morgan fingerprint density at radius 1 is 1.22 bits per heavy atom. The monoisotopic (exact) mass is 370 g/mol. The zero-order chi connectivity index (χ0) is 18.9. The van der Waals surface area contributed by atoms with Gasteiger partial charge in [0.25, 0.3) is 11.9 Å².